The molecule has 1 aromatic heterocycles. The molecule has 1 fully saturated rings. The molecule has 34 heavy (non-hydrogen) atoms. The normalized spacial score (nSPS) is 17.0. The van der Waals surface area contributed by atoms with Gasteiger partial charge in [-0.25, -0.2) is 4.98 Å². The number of benzene rings is 2. The Kier molecular flexibility index (Phi) is 6.97. The second-order valence-corrected chi connectivity index (χ2v) is 10.5. The number of alkyl halides is 3. The highest BCUT2D eigenvalue weighted by atomic mass is 32.2. The van der Waals surface area contributed by atoms with Crippen molar-refractivity contribution in [3.63, 3.8) is 0 Å². The molecule has 1 unspecified atom stereocenters. The Morgan fingerprint density at radius 1 is 1.26 bits per heavy atom. The van der Waals surface area contributed by atoms with E-state index in [1.54, 1.807) is 29.2 Å². The Balaban J connectivity index is 1.33. The minimum absolute atomic E-state index is 0.127. The van der Waals surface area contributed by atoms with Gasteiger partial charge in [-0.15, -0.1) is 0 Å². The number of fused-ring (bicyclic) bond motifs is 1. The molecule has 0 saturated carbocycles. The monoisotopic (exact) mass is 510 g/mol. The fourth-order valence-corrected chi connectivity index (χ4v) is 5.60. The number of likely N-dealkylation sites (tertiary alicyclic amines) is 1. The first kappa shape index (κ1) is 24.6. The van der Waals surface area contributed by atoms with E-state index in [1.807, 2.05) is 18.2 Å². The summed E-state index contributed by atoms with van der Waals surface area (Å²) in [6, 6.07) is 12.9. The number of rotatable bonds is 6. The van der Waals surface area contributed by atoms with Gasteiger partial charge in [0.25, 0.3) is 5.91 Å². The topological polar surface area (TPSA) is 91.5 Å². The van der Waals surface area contributed by atoms with Crippen molar-refractivity contribution in [3.8, 4) is 0 Å². The number of anilines is 2. The molecule has 2 heterocycles. The molecular formula is C23H25F3N4O2S2. The van der Waals surface area contributed by atoms with Gasteiger partial charge in [-0.2, -0.15) is 13.2 Å². The fraction of sp³-hybridized carbons (Fsp3) is 0.391. The Morgan fingerprint density at radius 3 is 2.59 bits per heavy atom. The second-order valence-electron chi connectivity index (χ2n) is 8.60. The summed E-state index contributed by atoms with van der Waals surface area (Å²) in [5.74, 6) is -1.79. The lowest BCUT2D eigenvalue weighted by molar-refractivity contribution is -0.187. The summed E-state index contributed by atoms with van der Waals surface area (Å²) in [6.07, 6.45) is -4.43. The molecule has 1 amide bonds. The number of nitrogens with one attached hydrogen (secondary N) is 1. The van der Waals surface area contributed by atoms with E-state index in [0.29, 0.717) is 10.7 Å². The zero-order valence-electron chi connectivity index (χ0n) is 18.4. The van der Waals surface area contributed by atoms with E-state index < -0.39 is 17.7 Å². The van der Waals surface area contributed by atoms with Crippen molar-refractivity contribution in [2.45, 2.75) is 42.9 Å². The molecule has 0 bridgehead atoms. The van der Waals surface area contributed by atoms with Gasteiger partial charge in [0.2, 0.25) is 0 Å². The number of nitrogens with zero attached hydrogens (tertiary/aromatic N) is 2. The van der Waals surface area contributed by atoms with Crippen LogP contribution in [0.15, 0.2) is 47.4 Å². The van der Waals surface area contributed by atoms with Crippen LogP contribution in [0.2, 0.25) is 0 Å². The minimum Gasteiger partial charge on any atom is -0.390 e. The van der Waals surface area contributed by atoms with Gasteiger partial charge in [-0.1, -0.05) is 24.3 Å². The molecule has 1 atom stereocenters. The zero-order chi connectivity index (χ0) is 24.5. The number of carbonyl (C=O) groups excluding carboxylic acids is 1. The molecule has 1 aliphatic heterocycles. The molecule has 0 spiro atoms. The molecule has 2 aromatic carbocycles. The van der Waals surface area contributed by atoms with E-state index in [-0.39, 0.29) is 38.3 Å². The lowest BCUT2D eigenvalue weighted by Gasteiger charge is -2.39. The van der Waals surface area contributed by atoms with Crippen LogP contribution in [0.5, 0.6) is 0 Å². The summed E-state index contributed by atoms with van der Waals surface area (Å²) in [6.45, 7) is 1.52. The van der Waals surface area contributed by atoms with Gasteiger partial charge in [0.1, 0.15) is 0 Å². The molecule has 4 N–H and O–H groups in total. The number of hydrogen-bond acceptors (Lipinski definition) is 7. The lowest BCUT2D eigenvalue weighted by atomic mass is 9.83. The standard InChI is InChI=1S/C23H25F3N4O2S2/c1-14(23(24,25)26)13-22(32)9-11-30(12-10-22)20(31)15-5-7-16(8-6-15)29-34-18-4-2-3-17-19(18)28-21(27)33-17/h2-8,14,29,32H,9-13H2,1H3,(H2,27,28). The van der Waals surface area contributed by atoms with Crippen molar-refractivity contribution in [1.29, 1.82) is 0 Å². The number of thiazole rings is 1. The Hall–Kier alpha value is -2.50. The molecule has 6 nitrogen and oxygen atoms in total. The maximum absolute atomic E-state index is 12.9. The Bertz CT molecular complexity index is 1160. The van der Waals surface area contributed by atoms with E-state index in [0.717, 1.165) is 27.7 Å². The summed E-state index contributed by atoms with van der Waals surface area (Å²) >= 11 is 2.83. The smallest absolute Gasteiger partial charge is 0.390 e. The molecule has 11 heteroatoms. The molecule has 0 aliphatic carbocycles. The van der Waals surface area contributed by atoms with Gasteiger partial charge in [0.05, 0.1) is 26.6 Å². The van der Waals surface area contributed by atoms with E-state index in [1.165, 1.54) is 23.3 Å². The number of nitrogen functional groups attached to an aromatic ring is 1. The van der Waals surface area contributed by atoms with Gasteiger partial charge in [-0.3, -0.25) is 4.79 Å². The number of piperidine rings is 1. The molecule has 4 rings (SSSR count). The maximum atomic E-state index is 12.9. The number of amides is 1. The Morgan fingerprint density at radius 2 is 1.94 bits per heavy atom. The third kappa shape index (κ3) is 5.59. The highest BCUT2D eigenvalue weighted by Gasteiger charge is 2.43. The highest BCUT2D eigenvalue weighted by Crippen LogP contribution is 2.37. The molecule has 1 aliphatic rings. The van der Waals surface area contributed by atoms with Crippen LogP contribution in [0.4, 0.5) is 24.0 Å². The number of halogens is 3. The van der Waals surface area contributed by atoms with Crippen molar-refractivity contribution < 1.29 is 23.1 Å². The average Bonchev–Trinajstić information content (AvgIpc) is 3.18. The Labute approximate surface area is 203 Å². The van der Waals surface area contributed by atoms with E-state index >= 15 is 0 Å². The maximum Gasteiger partial charge on any atom is 0.391 e. The second kappa shape index (κ2) is 9.63. The van der Waals surface area contributed by atoms with E-state index in [4.69, 9.17) is 5.73 Å². The van der Waals surface area contributed by atoms with Crippen LogP contribution >= 0.6 is 23.3 Å². The zero-order valence-corrected chi connectivity index (χ0v) is 20.1. The fourth-order valence-electron chi connectivity index (χ4n) is 4.02. The third-order valence-electron chi connectivity index (χ3n) is 6.04. The highest BCUT2D eigenvalue weighted by molar-refractivity contribution is 8.00. The van der Waals surface area contributed by atoms with Crippen molar-refractivity contribution in [2.75, 3.05) is 23.5 Å². The number of carbonyl (C=O) groups is 1. The SMILES string of the molecule is CC(CC1(O)CCN(C(=O)c2ccc(NSc3cccc4sc(N)nc34)cc2)CC1)C(F)(F)F. The van der Waals surface area contributed by atoms with Crippen molar-refractivity contribution in [1.82, 2.24) is 9.88 Å². The lowest BCUT2D eigenvalue weighted by Crippen LogP contribution is -2.48. The van der Waals surface area contributed by atoms with Crippen molar-refractivity contribution in [2.24, 2.45) is 5.92 Å². The molecular weight excluding hydrogens is 485 g/mol. The van der Waals surface area contributed by atoms with Crippen molar-refractivity contribution in [3.05, 3.63) is 48.0 Å². The molecule has 3 aromatic rings. The predicted octanol–water partition coefficient (Wildman–Crippen LogP) is 5.55. The number of aliphatic hydroxyl groups is 1. The summed E-state index contributed by atoms with van der Waals surface area (Å²) in [7, 11) is 0. The first-order chi connectivity index (χ1) is 16.0. The number of aromatic nitrogens is 1. The van der Waals surface area contributed by atoms with Gasteiger partial charge >= 0.3 is 6.18 Å². The quantitative estimate of drug-likeness (QED) is 0.377. The minimum atomic E-state index is -4.34. The molecule has 0 radical (unpaired) electrons. The summed E-state index contributed by atoms with van der Waals surface area (Å²) in [5.41, 5.74) is 6.53. The van der Waals surface area contributed by atoms with Crippen LogP contribution in [0.1, 0.15) is 36.5 Å². The van der Waals surface area contributed by atoms with Gasteiger partial charge < -0.3 is 20.5 Å². The number of nitrogens with two attached hydrogens (primary N) is 1. The van der Waals surface area contributed by atoms with E-state index in [2.05, 4.69) is 9.71 Å². The summed E-state index contributed by atoms with van der Waals surface area (Å²) in [5, 5.41) is 11.1. The predicted molar refractivity (Wildman–Crippen MR) is 130 cm³/mol. The van der Waals surface area contributed by atoms with Crippen LogP contribution in [0.25, 0.3) is 10.2 Å². The van der Waals surface area contributed by atoms with Crippen LogP contribution < -0.4 is 10.5 Å². The largest absolute Gasteiger partial charge is 0.391 e. The third-order valence-corrected chi connectivity index (χ3v) is 7.77. The van der Waals surface area contributed by atoms with Crippen LogP contribution in [0.3, 0.4) is 0 Å². The van der Waals surface area contributed by atoms with Crippen LogP contribution in [-0.4, -0.2) is 45.8 Å². The van der Waals surface area contributed by atoms with Gasteiger partial charge in [-0.05, 0) is 67.6 Å². The molecule has 182 valence electrons. The van der Waals surface area contributed by atoms with Gasteiger partial charge in [0, 0.05) is 24.3 Å². The summed E-state index contributed by atoms with van der Waals surface area (Å²) < 4.78 is 42.8. The molecule has 1 saturated heterocycles. The first-order valence-corrected chi connectivity index (χ1v) is 12.4. The van der Waals surface area contributed by atoms with Gasteiger partial charge in [0.15, 0.2) is 5.13 Å². The van der Waals surface area contributed by atoms with Crippen molar-refractivity contribution >= 4 is 50.2 Å². The van der Waals surface area contributed by atoms with Crippen LogP contribution in [-0.2, 0) is 0 Å². The van der Waals surface area contributed by atoms with E-state index in [9.17, 15) is 23.1 Å². The average molecular weight is 511 g/mol. The number of para-hydroxylation sites is 1. The number of hydrogen-bond donors (Lipinski definition) is 3. The summed E-state index contributed by atoms with van der Waals surface area (Å²) in [4.78, 5) is 19.7. The first-order valence-electron chi connectivity index (χ1n) is 10.8. The van der Waals surface area contributed by atoms with Crippen LogP contribution in [0, 0.1) is 5.92 Å².